The molecule has 7 heteroatoms. The number of ether oxygens (including phenoxy) is 1. The molecule has 6 nitrogen and oxygen atoms in total. The molecular formula is C22H20FN3O3. The van der Waals surface area contributed by atoms with E-state index >= 15 is 0 Å². The molecule has 0 saturated carbocycles. The number of nitrogens with zero attached hydrogens (tertiary/aromatic N) is 2. The molecule has 0 radical (unpaired) electrons. The molecule has 0 fully saturated rings. The number of hydrogen-bond acceptors (Lipinski definition) is 5. The van der Waals surface area contributed by atoms with Crippen LogP contribution in [0, 0.1) is 40.3 Å². The first kappa shape index (κ1) is 21.6. The lowest BCUT2D eigenvalue weighted by Crippen LogP contribution is -2.36. The molecule has 0 bridgehead atoms. The van der Waals surface area contributed by atoms with E-state index in [1.165, 1.54) is 31.2 Å². The molecule has 1 amide bonds. The highest BCUT2D eigenvalue weighted by molar-refractivity contribution is 6.07. The van der Waals surface area contributed by atoms with E-state index in [1.54, 1.807) is 24.3 Å². The Kier molecular flexibility index (Phi) is 7.45. The van der Waals surface area contributed by atoms with Gasteiger partial charge in [0.2, 0.25) is 5.91 Å². The molecule has 0 unspecified atom stereocenters. The summed E-state index contributed by atoms with van der Waals surface area (Å²) in [7, 11) is 0. The normalized spacial score (nSPS) is 12.3. The van der Waals surface area contributed by atoms with Crippen molar-refractivity contribution in [3.63, 3.8) is 0 Å². The minimum atomic E-state index is -1.28. The number of carbonyl (C=O) groups is 2. The van der Waals surface area contributed by atoms with Crippen LogP contribution in [0.1, 0.15) is 25.3 Å². The van der Waals surface area contributed by atoms with Gasteiger partial charge in [-0.15, -0.1) is 0 Å². The van der Waals surface area contributed by atoms with Crippen molar-refractivity contribution in [2.24, 2.45) is 11.8 Å². The summed E-state index contributed by atoms with van der Waals surface area (Å²) in [6.45, 7) is 3.55. The summed E-state index contributed by atoms with van der Waals surface area (Å²) in [6.07, 6.45) is 0. The zero-order valence-electron chi connectivity index (χ0n) is 16.1. The molecule has 2 aromatic rings. The number of halogens is 1. The number of rotatable bonds is 8. The van der Waals surface area contributed by atoms with Gasteiger partial charge in [0, 0.05) is 11.6 Å². The zero-order chi connectivity index (χ0) is 21.4. The molecule has 1 N–H and O–H groups in total. The predicted octanol–water partition coefficient (Wildman–Crippen LogP) is 3.82. The molecule has 0 spiro atoms. The Morgan fingerprint density at radius 3 is 2.14 bits per heavy atom. The molecule has 148 valence electrons. The second-order valence-electron chi connectivity index (χ2n) is 6.35. The minimum absolute atomic E-state index is 0.304. The highest BCUT2D eigenvalue weighted by atomic mass is 19.1. The van der Waals surface area contributed by atoms with Gasteiger partial charge in [-0.05, 0) is 55.8 Å². The zero-order valence-corrected chi connectivity index (χ0v) is 16.1. The maximum absolute atomic E-state index is 13.1. The summed E-state index contributed by atoms with van der Waals surface area (Å²) in [5.41, 5.74) is 0.801. The smallest absolute Gasteiger partial charge is 0.235 e. The fourth-order valence-corrected chi connectivity index (χ4v) is 3.07. The Balaban J connectivity index is 2.42. The van der Waals surface area contributed by atoms with E-state index in [4.69, 9.17) is 4.74 Å². The van der Waals surface area contributed by atoms with E-state index in [9.17, 15) is 24.5 Å². The van der Waals surface area contributed by atoms with E-state index in [1.807, 2.05) is 19.1 Å². The van der Waals surface area contributed by atoms with E-state index in [0.717, 1.165) is 0 Å². The number of hydrogen-bond donors (Lipinski definition) is 1. The van der Waals surface area contributed by atoms with Crippen molar-refractivity contribution < 1.29 is 18.7 Å². The first-order chi connectivity index (χ1) is 13.9. The van der Waals surface area contributed by atoms with Gasteiger partial charge in [0.1, 0.15) is 29.2 Å². The minimum Gasteiger partial charge on any atom is -0.494 e. The van der Waals surface area contributed by atoms with Crippen molar-refractivity contribution >= 4 is 17.4 Å². The summed E-state index contributed by atoms with van der Waals surface area (Å²) in [5, 5.41) is 21.5. The van der Waals surface area contributed by atoms with Crippen molar-refractivity contribution in [1.29, 1.82) is 10.5 Å². The molecule has 0 aromatic heterocycles. The Hall–Kier alpha value is -3.71. The topological polar surface area (TPSA) is 103 Å². The van der Waals surface area contributed by atoms with Gasteiger partial charge in [-0.3, -0.25) is 9.59 Å². The van der Waals surface area contributed by atoms with Crippen LogP contribution in [0.2, 0.25) is 0 Å². The van der Waals surface area contributed by atoms with Gasteiger partial charge in [0.25, 0.3) is 0 Å². The van der Waals surface area contributed by atoms with Gasteiger partial charge in [0.15, 0.2) is 0 Å². The molecule has 2 atom stereocenters. The monoisotopic (exact) mass is 393 g/mol. The standard InChI is InChI=1S/C22H20FN3O3/c1-3-29-19-10-4-15(5-11-19)21(16(12-24)13-25)20(14(2)27)22(28)26-18-8-6-17(23)7-9-18/h4-11,16,20-21H,3H2,1-2H3,(H,26,28)/t20-,21-/m1/s1. The first-order valence-corrected chi connectivity index (χ1v) is 9.00. The van der Waals surface area contributed by atoms with Crippen LogP contribution in [0.4, 0.5) is 10.1 Å². The van der Waals surface area contributed by atoms with Gasteiger partial charge >= 0.3 is 0 Å². The molecule has 0 aliphatic rings. The lowest BCUT2D eigenvalue weighted by Gasteiger charge is -2.26. The lowest BCUT2D eigenvalue weighted by atomic mass is 9.75. The molecular weight excluding hydrogens is 373 g/mol. The Labute approximate surface area is 168 Å². The van der Waals surface area contributed by atoms with Crippen LogP contribution in [-0.2, 0) is 9.59 Å². The van der Waals surface area contributed by atoms with E-state index in [-0.39, 0.29) is 0 Å². The fraction of sp³-hybridized carbons (Fsp3) is 0.273. The third-order valence-corrected chi connectivity index (χ3v) is 4.40. The largest absolute Gasteiger partial charge is 0.494 e. The first-order valence-electron chi connectivity index (χ1n) is 9.00. The van der Waals surface area contributed by atoms with Gasteiger partial charge in [-0.25, -0.2) is 4.39 Å². The van der Waals surface area contributed by atoms with Gasteiger partial charge in [-0.2, -0.15) is 10.5 Å². The number of nitriles is 2. The van der Waals surface area contributed by atoms with Crippen LogP contribution in [0.15, 0.2) is 48.5 Å². The van der Waals surface area contributed by atoms with Gasteiger partial charge < -0.3 is 10.1 Å². The van der Waals surface area contributed by atoms with Gasteiger partial charge in [0.05, 0.1) is 18.7 Å². The average molecular weight is 393 g/mol. The number of amides is 1. The fourth-order valence-electron chi connectivity index (χ4n) is 3.07. The maximum atomic E-state index is 13.1. The summed E-state index contributed by atoms with van der Waals surface area (Å²) < 4.78 is 18.5. The second-order valence-corrected chi connectivity index (χ2v) is 6.35. The average Bonchev–Trinajstić information content (AvgIpc) is 2.70. The number of carbonyl (C=O) groups excluding carboxylic acids is 2. The molecule has 2 aromatic carbocycles. The molecule has 0 saturated heterocycles. The van der Waals surface area contributed by atoms with Crippen LogP contribution in [-0.4, -0.2) is 18.3 Å². The number of Topliss-reactive ketones (excluding diaryl/α,β-unsaturated/α-hetero) is 1. The molecule has 0 aliphatic carbocycles. The SMILES string of the molecule is CCOc1ccc([C@H](C(C#N)C#N)[C@@H](C(C)=O)C(=O)Nc2ccc(F)cc2)cc1. The van der Waals surface area contributed by atoms with Crippen molar-refractivity contribution in [3.05, 3.63) is 59.9 Å². The third-order valence-electron chi connectivity index (χ3n) is 4.40. The van der Waals surface area contributed by atoms with Crippen LogP contribution in [0.25, 0.3) is 0 Å². The summed E-state index contributed by atoms with van der Waals surface area (Å²) in [5.74, 6) is -4.50. The highest BCUT2D eigenvalue weighted by Crippen LogP contribution is 2.34. The number of ketones is 1. The lowest BCUT2D eigenvalue weighted by molar-refractivity contribution is -0.131. The predicted molar refractivity (Wildman–Crippen MR) is 104 cm³/mol. The summed E-state index contributed by atoms with van der Waals surface area (Å²) in [6, 6.07) is 15.4. The second kappa shape index (κ2) is 10.0. The molecule has 2 rings (SSSR count). The van der Waals surface area contributed by atoms with Gasteiger partial charge in [-0.1, -0.05) is 12.1 Å². The molecule has 0 aliphatic heterocycles. The Bertz CT molecular complexity index is 929. The Morgan fingerprint density at radius 1 is 1.07 bits per heavy atom. The quantitative estimate of drug-likeness (QED) is 0.687. The van der Waals surface area contributed by atoms with E-state index in [0.29, 0.717) is 23.6 Å². The number of benzene rings is 2. The third kappa shape index (κ3) is 5.40. The number of anilines is 1. The molecule has 29 heavy (non-hydrogen) atoms. The maximum Gasteiger partial charge on any atom is 0.235 e. The Morgan fingerprint density at radius 2 is 1.66 bits per heavy atom. The van der Waals surface area contributed by atoms with Crippen LogP contribution in [0.3, 0.4) is 0 Å². The summed E-state index contributed by atoms with van der Waals surface area (Å²) in [4.78, 5) is 25.3. The van der Waals surface area contributed by atoms with Crippen molar-refractivity contribution in [1.82, 2.24) is 0 Å². The van der Waals surface area contributed by atoms with Crippen molar-refractivity contribution in [2.45, 2.75) is 19.8 Å². The number of nitrogens with one attached hydrogen (secondary N) is 1. The van der Waals surface area contributed by atoms with Crippen molar-refractivity contribution in [2.75, 3.05) is 11.9 Å². The van der Waals surface area contributed by atoms with Crippen LogP contribution < -0.4 is 10.1 Å². The highest BCUT2D eigenvalue weighted by Gasteiger charge is 2.39. The van der Waals surface area contributed by atoms with Crippen molar-refractivity contribution in [3.8, 4) is 17.9 Å². The van der Waals surface area contributed by atoms with Crippen LogP contribution >= 0.6 is 0 Å². The van der Waals surface area contributed by atoms with E-state index in [2.05, 4.69) is 5.32 Å². The van der Waals surface area contributed by atoms with E-state index < -0.39 is 35.3 Å². The molecule has 0 heterocycles. The summed E-state index contributed by atoms with van der Waals surface area (Å²) >= 11 is 0. The van der Waals surface area contributed by atoms with Crippen LogP contribution in [0.5, 0.6) is 5.75 Å².